The molecule has 25 heavy (non-hydrogen) atoms. The summed E-state index contributed by atoms with van der Waals surface area (Å²) >= 11 is 0. The highest BCUT2D eigenvalue weighted by Crippen LogP contribution is 2.37. The maximum absolute atomic E-state index is 12.0. The molecule has 2 aromatic carbocycles. The van der Waals surface area contributed by atoms with E-state index in [4.69, 9.17) is 13.8 Å². The number of carbonyl (C=O) groups is 1. The Morgan fingerprint density at radius 2 is 1.88 bits per heavy atom. The Morgan fingerprint density at radius 1 is 1.12 bits per heavy atom. The monoisotopic (exact) mass is 361 g/mol. The molecule has 0 amide bonds. The molecule has 0 aromatic heterocycles. The summed E-state index contributed by atoms with van der Waals surface area (Å²) in [7, 11) is 0.151. The molecule has 2 aromatic rings. The van der Waals surface area contributed by atoms with Gasteiger partial charge in [-0.05, 0) is 37.1 Å². The second-order valence-corrected chi connectivity index (χ2v) is 7.47. The number of nitrogens with one attached hydrogen (secondary N) is 1. The summed E-state index contributed by atoms with van der Waals surface area (Å²) in [4.78, 5) is 12.0. The number of benzene rings is 2. The number of fused-ring (bicyclic) bond motifs is 1. The zero-order valence-electron chi connectivity index (χ0n) is 14.4. The van der Waals surface area contributed by atoms with E-state index in [9.17, 15) is 4.79 Å². The molecule has 6 heteroatoms. The predicted octanol–water partition coefficient (Wildman–Crippen LogP) is 4.56. The Balaban J connectivity index is 1.54. The maximum atomic E-state index is 12.0. The van der Waals surface area contributed by atoms with Crippen LogP contribution < -0.4 is 9.61 Å². The lowest BCUT2D eigenvalue weighted by molar-refractivity contribution is -0.149. The summed E-state index contributed by atoms with van der Waals surface area (Å²) in [5.74, 6) is 0.483. The summed E-state index contributed by atoms with van der Waals surface area (Å²) in [5, 5.41) is 5.13. The zero-order valence-corrected chi connectivity index (χ0v) is 15.3. The number of carbonyl (C=O) groups excluding carboxylic acids is 1. The van der Waals surface area contributed by atoms with Gasteiger partial charge in [0.1, 0.15) is 18.4 Å². The molecule has 0 heterocycles. The van der Waals surface area contributed by atoms with Crippen molar-refractivity contribution in [3.63, 3.8) is 0 Å². The third-order valence-electron chi connectivity index (χ3n) is 4.30. The van der Waals surface area contributed by atoms with Crippen LogP contribution in [0.4, 0.5) is 0 Å². The summed E-state index contributed by atoms with van der Waals surface area (Å²) in [5.41, 5.74) is 0. The van der Waals surface area contributed by atoms with E-state index in [-0.39, 0.29) is 18.6 Å². The van der Waals surface area contributed by atoms with Gasteiger partial charge >= 0.3 is 14.5 Å². The van der Waals surface area contributed by atoms with Gasteiger partial charge in [-0.2, -0.15) is 0 Å². The fraction of sp³-hybridized carbons (Fsp3) is 0.421. The fourth-order valence-corrected chi connectivity index (χ4v) is 3.90. The van der Waals surface area contributed by atoms with Gasteiger partial charge in [0.15, 0.2) is 0 Å². The molecule has 134 valence electrons. The quantitative estimate of drug-likeness (QED) is 0.579. The molecule has 1 N–H and O–H groups in total. The minimum atomic E-state index is -1.41. The van der Waals surface area contributed by atoms with Crippen molar-refractivity contribution >= 4 is 25.3 Å². The lowest BCUT2D eigenvalue weighted by Crippen LogP contribution is -2.28. The fourth-order valence-electron chi connectivity index (χ4n) is 3.04. The summed E-state index contributed by atoms with van der Waals surface area (Å²) in [6.07, 6.45) is 5.52. The maximum Gasteiger partial charge on any atom is 0.320 e. The van der Waals surface area contributed by atoms with Gasteiger partial charge < -0.3 is 13.8 Å². The first-order valence-electron chi connectivity index (χ1n) is 8.69. The van der Waals surface area contributed by atoms with E-state index >= 15 is 0 Å². The third-order valence-corrected chi connectivity index (χ3v) is 5.41. The van der Waals surface area contributed by atoms with Crippen LogP contribution in [0.15, 0.2) is 42.5 Å². The van der Waals surface area contributed by atoms with Crippen LogP contribution >= 0.6 is 8.53 Å². The normalized spacial score (nSPS) is 16.5. The van der Waals surface area contributed by atoms with Crippen LogP contribution in [0.2, 0.25) is 0 Å². The molecule has 5 nitrogen and oxygen atoms in total. The Morgan fingerprint density at radius 3 is 2.68 bits per heavy atom. The molecule has 1 saturated carbocycles. The van der Waals surface area contributed by atoms with E-state index in [1.807, 2.05) is 42.5 Å². The van der Waals surface area contributed by atoms with Crippen LogP contribution in [0.1, 0.15) is 32.1 Å². The van der Waals surface area contributed by atoms with Gasteiger partial charge in [-0.3, -0.25) is 4.79 Å². The minimum absolute atomic E-state index is 0.0656. The van der Waals surface area contributed by atoms with Crippen molar-refractivity contribution in [2.45, 2.75) is 38.2 Å². The SMILES string of the molecule is COP(NCC(=O)OC1CCCCC1)Oc1cccc2ccccc12. The summed E-state index contributed by atoms with van der Waals surface area (Å²) < 4.78 is 16.8. The number of ether oxygens (including phenoxy) is 1. The molecule has 1 fully saturated rings. The molecular formula is C19H24NO4P. The Hall–Kier alpha value is -1.68. The van der Waals surface area contributed by atoms with Crippen LogP contribution in [0.5, 0.6) is 5.75 Å². The third kappa shape index (κ3) is 5.15. The van der Waals surface area contributed by atoms with Crippen molar-refractivity contribution in [3.8, 4) is 5.75 Å². The van der Waals surface area contributed by atoms with Crippen molar-refractivity contribution < 1.29 is 18.6 Å². The topological polar surface area (TPSA) is 56.8 Å². The Bertz CT molecular complexity index is 697. The van der Waals surface area contributed by atoms with E-state index in [0.29, 0.717) is 0 Å². The smallest absolute Gasteiger partial charge is 0.320 e. The molecular weight excluding hydrogens is 337 g/mol. The first-order chi connectivity index (χ1) is 12.3. The average molecular weight is 361 g/mol. The molecule has 1 atom stereocenters. The molecule has 0 bridgehead atoms. The van der Waals surface area contributed by atoms with E-state index in [1.165, 1.54) is 6.42 Å². The van der Waals surface area contributed by atoms with Crippen molar-refractivity contribution in [2.75, 3.05) is 13.7 Å². The van der Waals surface area contributed by atoms with E-state index in [1.54, 1.807) is 7.11 Å². The van der Waals surface area contributed by atoms with Crippen molar-refractivity contribution in [3.05, 3.63) is 42.5 Å². The van der Waals surface area contributed by atoms with E-state index in [2.05, 4.69) is 5.09 Å². The second kappa shape index (κ2) is 9.14. The minimum Gasteiger partial charge on any atom is -0.461 e. The first-order valence-corrected chi connectivity index (χ1v) is 9.87. The summed E-state index contributed by atoms with van der Waals surface area (Å²) in [6.45, 7) is 0.0841. The summed E-state index contributed by atoms with van der Waals surface area (Å²) in [6, 6.07) is 13.9. The molecule has 1 unspecified atom stereocenters. The lowest BCUT2D eigenvalue weighted by Gasteiger charge is -2.22. The predicted molar refractivity (Wildman–Crippen MR) is 99.5 cm³/mol. The van der Waals surface area contributed by atoms with Crippen molar-refractivity contribution in [1.29, 1.82) is 0 Å². The van der Waals surface area contributed by atoms with Gasteiger partial charge in [-0.15, -0.1) is 0 Å². The largest absolute Gasteiger partial charge is 0.461 e. The van der Waals surface area contributed by atoms with Crippen LogP contribution in [-0.2, 0) is 14.1 Å². The van der Waals surface area contributed by atoms with Gasteiger partial charge in [0.2, 0.25) is 0 Å². The highest BCUT2D eigenvalue weighted by atomic mass is 31.2. The van der Waals surface area contributed by atoms with Crippen molar-refractivity contribution in [2.24, 2.45) is 0 Å². The van der Waals surface area contributed by atoms with Gasteiger partial charge in [-0.1, -0.05) is 42.8 Å². The van der Waals surface area contributed by atoms with Crippen LogP contribution in [0.3, 0.4) is 0 Å². The Labute approximate surface area is 149 Å². The van der Waals surface area contributed by atoms with E-state index in [0.717, 1.165) is 42.2 Å². The van der Waals surface area contributed by atoms with Crippen LogP contribution in [0.25, 0.3) is 10.8 Å². The highest BCUT2D eigenvalue weighted by Gasteiger charge is 2.19. The first kappa shape index (κ1) is 18.1. The molecule has 0 aliphatic heterocycles. The molecule has 0 saturated heterocycles. The number of hydrogen-bond acceptors (Lipinski definition) is 5. The average Bonchev–Trinajstić information content (AvgIpc) is 2.66. The van der Waals surface area contributed by atoms with Gasteiger partial charge in [0.25, 0.3) is 0 Å². The number of hydrogen-bond donors (Lipinski definition) is 1. The molecule has 0 spiro atoms. The molecule has 1 aliphatic carbocycles. The molecule has 0 radical (unpaired) electrons. The standard InChI is InChI=1S/C19H24NO4P/c1-22-25(20-14-19(21)23-16-10-3-2-4-11-16)24-18-13-7-9-15-8-5-6-12-17(15)18/h5-9,12-13,16,20H,2-4,10-11,14H2,1H3. The van der Waals surface area contributed by atoms with Gasteiger partial charge in [0.05, 0.1) is 0 Å². The van der Waals surface area contributed by atoms with Crippen molar-refractivity contribution in [1.82, 2.24) is 5.09 Å². The molecule has 3 rings (SSSR count). The number of esters is 1. The van der Waals surface area contributed by atoms with Crippen LogP contribution in [-0.4, -0.2) is 25.7 Å². The highest BCUT2D eigenvalue weighted by molar-refractivity contribution is 7.45. The zero-order chi connectivity index (χ0) is 17.5. The second-order valence-electron chi connectivity index (χ2n) is 6.09. The van der Waals surface area contributed by atoms with E-state index < -0.39 is 8.53 Å². The van der Waals surface area contributed by atoms with Gasteiger partial charge in [0, 0.05) is 12.5 Å². The van der Waals surface area contributed by atoms with Gasteiger partial charge in [-0.25, -0.2) is 5.09 Å². The molecule has 1 aliphatic rings. The van der Waals surface area contributed by atoms with Crippen LogP contribution in [0, 0.1) is 0 Å². The Kier molecular flexibility index (Phi) is 6.62. The lowest BCUT2D eigenvalue weighted by atomic mass is 9.98. The number of rotatable bonds is 7.